The van der Waals surface area contributed by atoms with Crippen molar-refractivity contribution in [3.8, 4) is 0 Å². The van der Waals surface area contributed by atoms with Gasteiger partial charge in [-0.05, 0) is 18.8 Å². The molecule has 1 N–H and O–H groups in total. The van der Waals surface area contributed by atoms with E-state index in [1.54, 1.807) is 0 Å². The van der Waals surface area contributed by atoms with Crippen LogP contribution in [0.5, 0.6) is 0 Å². The van der Waals surface area contributed by atoms with Gasteiger partial charge in [0.1, 0.15) is 5.78 Å². The van der Waals surface area contributed by atoms with Crippen LogP contribution in [0, 0.1) is 5.92 Å². The first-order valence-electron chi connectivity index (χ1n) is 9.34. The number of amides is 1. The summed E-state index contributed by atoms with van der Waals surface area (Å²) in [5.41, 5.74) is 0. The Morgan fingerprint density at radius 3 is 1.86 bits per heavy atom. The normalized spacial score (nSPS) is 10.9. The average Bonchev–Trinajstić information content (AvgIpc) is 2.47. The third kappa shape index (κ3) is 15.5. The summed E-state index contributed by atoms with van der Waals surface area (Å²) in [4.78, 5) is 22.6. The first-order chi connectivity index (χ1) is 10.6. The van der Waals surface area contributed by atoms with Crippen molar-refractivity contribution in [2.75, 3.05) is 6.54 Å². The van der Waals surface area contributed by atoms with Crippen LogP contribution in [0.1, 0.15) is 99.2 Å². The molecule has 0 aliphatic rings. The van der Waals surface area contributed by atoms with E-state index in [2.05, 4.69) is 19.2 Å². The van der Waals surface area contributed by atoms with Gasteiger partial charge < -0.3 is 5.32 Å². The van der Waals surface area contributed by atoms with Gasteiger partial charge in [-0.3, -0.25) is 9.59 Å². The minimum Gasteiger partial charge on any atom is -0.356 e. The number of carbonyl (C=O) groups is 2. The van der Waals surface area contributed by atoms with Gasteiger partial charge in [-0.25, -0.2) is 0 Å². The van der Waals surface area contributed by atoms with Crippen LogP contribution in [0.25, 0.3) is 0 Å². The second-order valence-electron chi connectivity index (χ2n) is 6.77. The molecule has 0 rings (SSSR count). The van der Waals surface area contributed by atoms with Gasteiger partial charge in [0.25, 0.3) is 0 Å². The lowest BCUT2D eigenvalue weighted by Crippen LogP contribution is -2.25. The molecule has 0 fully saturated rings. The van der Waals surface area contributed by atoms with Crippen LogP contribution in [0.2, 0.25) is 0 Å². The number of hydrogen-bond donors (Lipinski definition) is 1. The van der Waals surface area contributed by atoms with Gasteiger partial charge in [-0.2, -0.15) is 0 Å². The quantitative estimate of drug-likeness (QED) is 0.418. The Morgan fingerprint density at radius 2 is 1.36 bits per heavy atom. The Bertz CT molecular complexity index is 293. The molecule has 0 atom stereocenters. The van der Waals surface area contributed by atoms with Crippen molar-refractivity contribution < 1.29 is 11.0 Å². The van der Waals surface area contributed by atoms with E-state index in [1.165, 1.54) is 44.9 Å². The predicted octanol–water partition coefficient (Wildman–Crippen LogP) is 5.27. The number of Topliss-reactive ketones (excluding diaryl/α,β-unsaturated/α-hetero) is 1. The van der Waals surface area contributed by atoms with Gasteiger partial charge >= 0.3 is 0 Å². The molecule has 0 aromatic heterocycles. The summed E-state index contributed by atoms with van der Waals surface area (Å²) in [6.07, 6.45) is 13.1. The lowest BCUT2D eigenvalue weighted by atomic mass is 10.0. The zero-order valence-corrected chi connectivity index (χ0v) is 15.1. The molecule has 0 saturated carbocycles. The van der Waals surface area contributed by atoms with Crippen molar-refractivity contribution in [3.63, 3.8) is 0 Å². The minimum atomic E-state index is 0. The van der Waals surface area contributed by atoms with E-state index >= 15 is 0 Å². The van der Waals surface area contributed by atoms with Crippen LogP contribution < -0.4 is 5.32 Å². The van der Waals surface area contributed by atoms with Crippen molar-refractivity contribution in [1.82, 2.24) is 5.32 Å². The highest BCUT2D eigenvalue weighted by atomic mass is 16.1. The number of carbonyl (C=O) groups excluding carboxylic acids is 2. The summed E-state index contributed by atoms with van der Waals surface area (Å²) in [7, 11) is 0. The Kier molecular flexibility index (Phi) is 14.5. The summed E-state index contributed by atoms with van der Waals surface area (Å²) in [6.45, 7) is 6.91. The highest BCUT2D eigenvalue weighted by Crippen LogP contribution is 2.11. The van der Waals surface area contributed by atoms with Crippen LogP contribution in [-0.2, 0) is 9.59 Å². The maximum absolute atomic E-state index is 11.4. The first-order valence-corrected chi connectivity index (χ1v) is 9.34. The number of nitrogens with one attached hydrogen (secondary N) is 1. The van der Waals surface area contributed by atoms with Gasteiger partial charge in [0, 0.05) is 27.2 Å². The molecule has 0 aromatic carbocycles. The fourth-order valence-corrected chi connectivity index (χ4v) is 2.53. The Hall–Kier alpha value is -0.860. The van der Waals surface area contributed by atoms with E-state index in [0.29, 0.717) is 24.5 Å². The van der Waals surface area contributed by atoms with Gasteiger partial charge in [-0.15, -0.1) is 0 Å². The van der Waals surface area contributed by atoms with E-state index < -0.39 is 0 Å². The topological polar surface area (TPSA) is 46.2 Å². The molecular weight excluding hydrogens is 274 g/mol. The Morgan fingerprint density at radius 1 is 0.864 bits per heavy atom. The van der Waals surface area contributed by atoms with Crippen LogP contribution in [0.4, 0.5) is 0 Å². The fraction of sp³-hybridized carbons (Fsp3) is 0.895. The lowest BCUT2D eigenvalue weighted by molar-refractivity contribution is -0.122. The predicted molar refractivity (Wildman–Crippen MR) is 96.0 cm³/mol. The Labute approximate surface area is 139 Å². The molecule has 132 valence electrons. The molecule has 3 nitrogen and oxygen atoms in total. The summed E-state index contributed by atoms with van der Waals surface area (Å²) in [5.74, 6) is 1.04. The van der Waals surface area contributed by atoms with Crippen LogP contribution in [0.3, 0.4) is 0 Å². The maximum atomic E-state index is 11.4. The van der Waals surface area contributed by atoms with Crippen LogP contribution in [0.15, 0.2) is 0 Å². The van der Waals surface area contributed by atoms with E-state index in [1.807, 2.05) is 6.92 Å². The smallest absolute Gasteiger partial charge is 0.220 e. The molecule has 0 bridgehead atoms. The highest BCUT2D eigenvalue weighted by Gasteiger charge is 2.03. The number of rotatable bonds is 15. The van der Waals surface area contributed by atoms with Crippen molar-refractivity contribution in [2.24, 2.45) is 5.92 Å². The molecule has 22 heavy (non-hydrogen) atoms. The summed E-state index contributed by atoms with van der Waals surface area (Å²) >= 11 is 0. The Balaban J connectivity index is 0. The number of hydrogen-bond acceptors (Lipinski definition) is 2. The minimum absolute atomic E-state index is 0. The summed E-state index contributed by atoms with van der Waals surface area (Å²) in [6, 6.07) is 0. The highest BCUT2D eigenvalue weighted by molar-refractivity contribution is 5.77. The molecule has 0 aromatic rings. The zero-order valence-electron chi connectivity index (χ0n) is 15.1. The van der Waals surface area contributed by atoms with Gasteiger partial charge in [0.2, 0.25) is 5.91 Å². The van der Waals surface area contributed by atoms with E-state index in [-0.39, 0.29) is 7.33 Å². The number of unbranched alkanes of at least 4 members (excludes halogenated alkanes) is 8. The largest absolute Gasteiger partial charge is 0.356 e. The van der Waals surface area contributed by atoms with Crippen LogP contribution >= 0.6 is 0 Å². The third-order valence-corrected chi connectivity index (χ3v) is 3.94. The third-order valence-electron chi connectivity index (χ3n) is 3.94. The monoisotopic (exact) mass is 313 g/mol. The molecule has 0 heterocycles. The number of ketones is 1. The van der Waals surface area contributed by atoms with Crippen molar-refractivity contribution >= 4 is 11.7 Å². The van der Waals surface area contributed by atoms with E-state index in [0.717, 1.165) is 25.8 Å². The second-order valence-corrected chi connectivity index (χ2v) is 6.77. The summed E-state index contributed by atoms with van der Waals surface area (Å²) in [5, 5.41) is 2.99. The molecule has 0 unspecified atom stereocenters. The molecule has 0 aliphatic heterocycles. The molecule has 0 saturated heterocycles. The second kappa shape index (κ2) is 15.1. The molecule has 0 spiro atoms. The fourth-order valence-electron chi connectivity index (χ4n) is 2.53. The van der Waals surface area contributed by atoms with Gasteiger partial charge in [0.05, 0.1) is 0 Å². The van der Waals surface area contributed by atoms with E-state index in [9.17, 15) is 9.59 Å². The maximum Gasteiger partial charge on any atom is 0.220 e. The molecule has 0 radical (unpaired) electrons. The lowest BCUT2D eigenvalue weighted by Gasteiger charge is -2.07. The zero-order chi connectivity index (χ0) is 16.6. The summed E-state index contributed by atoms with van der Waals surface area (Å²) < 4.78 is 0. The average molecular weight is 314 g/mol. The SMILES string of the molecule is CCC(=O)CCCCCCCCCCCNC(=O)CC(C)C.[HH]. The van der Waals surface area contributed by atoms with E-state index in [4.69, 9.17) is 0 Å². The molecule has 3 heteroatoms. The first kappa shape index (κ1) is 21.1. The van der Waals surface area contributed by atoms with Crippen LogP contribution in [-0.4, -0.2) is 18.2 Å². The van der Waals surface area contributed by atoms with Gasteiger partial charge in [0.15, 0.2) is 0 Å². The molecule has 1 amide bonds. The van der Waals surface area contributed by atoms with Gasteiger partial charge in [-0.1, -0.05) is 65.7 Å². The standard InChI is InChI=1S/C19H37NO2.H2/c1-4-18(21)14-12-10-8-6-5-7-9-11-13-15-20-19(22)16-17(2)3;/h17H,4-16H2,1-3H3,(H,20,22);1H. The molecular formula is C19H39NO2. The van der Waals surface area contributed by atoms with Crippen molar-refractivity contribution in [3.05, 3.63) is 0 Å². The molecule has 0 aliphatic carbocycles. The van der Waals surface area contributed by atoms with Crippen molar-refractivity contribution in [1.29, 1.82) is 0 Å². The van der Waals surface area contributed by atoms with Crippen molar-refractivity contribution in [2.45, 2.75) is 97.8 Å².